The van der Waals surface area contributed by atoms with Crippen LogP contribution in [0.2, 0.25) is 0 Å². The molecular weight excluding hydrogens is 292 g/mol. The van der Waals surface area contributed by atoms with Gasteiger partial charge >= 0.3 is 11.7 Å². The molecule has 0 spiro atoms. The van der Waals surface area contributed by atoms with Gasteiger partial charge in [0.25, 0.3) is 5.56 Å². The molecule has 0 bridgehead atoms. The summed E-state index contributed by atoms with van der Waals surface area (Å²) in [5, 5.41) is 18.6. The molecule has 8 heteroatoms. The van der Waals surface area contributed by atoms with E-state index in [-0.39, 0.29) is 31.2 Å². The zero-order valence-electron chi connectivity index (χ0n) is 12.1. The highest BCUT2D eigenvalue weighted by molar-refractivity contribution is 5.86. The number of carbonyl (C=O) groups excluding carboxylic acids is 1. The third-order valence-corrected chi connectivity index (χ3v) is 4.02. The number of aliphatic hydroxyl groups is 2. The largest absolute Gasteiger partial charge is 0.466 e. The number of rotatable bonds is 6. The van der Waals surface area contributed by atoms with Gasteiger partial charge in [-0.25, -0.2) is 9.59 Å². The van der Waals surface area contributed by atoms with E-state index in [4.69, 9.17) is 0 Å². The molecule has 2 atom stereocenters. The number of carbonyl (C=O) groups is 1. The molecule has 0 amide bonds. The normalized spacial score (nSPS) is 23.7. The Hall–Kier alpha value is -2.19. The topological polar surface area (TPSA) is 122 Å². The smallest absolute Gasteiger partial charge is 0.330 e. The molecule has 0 saturated heterocycles. The van der Waals surface area contributed by atoms with Gasteiger partial charge in [-0.3, -0.25) is 14.3 Å². The van der Waals surface area contributed by atoms with Crippen LogP contribution >= 0.6 is 0 Å². The van der Waals surface area contributed by atoms with E-state index in [0.29, 0.717) is 6.42 Å². The maximum atomic E-state index is 11.9. The fourth-order valence-corrected chi connectivity index (χ4v) is 2.45. The molecule has 1 fully saturated rings. The number of nitrogens with one attached hydrogen (secondary N) is 1. The molecule has 1 aliphatic carbocycles. The van der Waals surface area contributed by atoms with E-state index in [9.17, 15) is 24.6 Å². The molecular formula is C14H18N2O6. The van der Waals surface area contributed by atoms with E-state index in [2.05, 4.69) is 9.72 Å². The first-order valence-corrected chi connectivity index (χ1v) is 6.77. The van der Waals surface area contributed by atoms with Gasteiger partial charge in [-0.15, -0.1) is 0 Å². The van der Waals surface area contributed by atoms with Crippen LogP contribution in [0.4, 0.5) is 0 Å². The lowest BCUT2D eigenvalue weighted by Gasteiger charge is -2.15. The van der Waals surface area contributed by atoms with Crippen LogP contribution in [0, 0.1) is 11.3 Å². The van der Waals surface area contributed by atoms with Crippen LogP contribution < -0.4 is 11.2 Å². The lowest BCUT2D eigenvalue weighted by Crippen LogP contribution is -2.34. The summed E-state index contributed by atoms with van der Waals surface area (Å²) in [6.07, 6.45) is 4.27. The van der Waals surface area contributed by atoms with E-state index in [1.165, 1.54) is 23.9 Å². The second kappa shape index (κ2) is 6.29. The number of hydrogen-bond acceptors (Lipinski definition) is 6. The highest BCUT2D eigenvalue weighted by Gasteiger charge is 2.53. The number of methoxy groups -OCH3 is 1. The molecule has 120 valence electrons. The van der Waals surface area contributed by atoms with Crippen LogP contribution in [-0.2, 0) is 16.1 Å². The van der Waals surface area contributed by atoms with E-state index >= 15 is 0 Å². The van der Waals surface area contributed by atoms with Gasteiger partial charge in [-0.1, -0.05) is 0 Å². The Morgan fingerprint density at radius 1 is 1.55 bits per heavy atom. The number of aromatic nitrogens is 2. The summed E-state index contributed by atoms with van der Waals surface area (Å²) in [5.41, 5.74) is -1.63. The molecule has 3 N–H and O–H groups in total. The number of esters is 1. The van der Waals surface area contributed by atoms with Crippen LogP contribution in [0.5, 0.6) is 0 Å². The average Bonchev–Trinajstić information content (AvgIpc) is 3.22. The summed E-state index contributed by atoms with van der Waals surface area (Å²) in [6, 6.07) is 0. The maximum Gasteiger partial charge on any atom is 0.330 e. The Balaban J connectivity index is 2.29. The maximum absolute atomic E-state index is 11.9. The molecule has 0 aliphatic heterocycles. The predicted octanol–water partition coefficient (Wildman–Crippen LogP) is -1.29. The molecule has 1 aromatic rings. The van der Waals surface area contributed by atoms with Gasteiger partial charge in [0.15, 0.2) is 0 Å². The molecule has 1 aromatic heterocycles. The number of hydrogen-bond donors (Lipinski definition) is 3. The highest BCUT2D eigenvalue weighted by atomic mass is 16.5. The fraction of sp³-hybridized carbons (Fsp3) is 0.500. The Morgan fingerprint density at radius 3 is 2.82 bits per heavy atom. The molecule has 8 nitrogen and oxygen atoms in total. The first-order valence-electron chi connectivity index (χ1n) is 6.77. The molecule has 22 heavy (non-hydrogen) atoms. The van der Waals surface area contributed by atoms with Crippen LogP contribution in [0.15, 0.2) is 21.9 Å². The molecule has 1 saturated carbocycles. The predicted molar refractivity (Wildman–Crippen MR) is 77.1 cm³/mol. The summed E-state index contributed by atoms with van der Waals surface area (Å²) in [6.45, 7) is -0.0334. The van der Waals surface area contributed by atoms with Crippen molar-refractivity contribution in [1.82, 2.24) is 9.55 Å². The Labute approximate surface area is 125 Å². The van der Waals surface area contributed by atoms with Crippen molar-refractivity contribution >= 4 is 12.0 Å². The third-order valence-electron chi connectivity index (χ3n) is 4.02. The Bertz CT molecular complexity index is 704. The summed E-state index contributed by atoms with van der Waals surface area (Å²) < 4.78 is 5.70. The quantitative estimate of drug-likeness (QED) is 0.444. The number of aromatic amines is 1. The van der Waals surface area contributed by atoms with Gasteiger partial charge in [-0.2, -0.15) is 0 Å². The molecule has 0 radical (unpaired) electrons. The van der Waals surface area contributed by atoms with Crippen molar-refractivity contribution in [2.45, 2.75) is 13.0 Å². The van der Waals surface area contributed by atoms with Gasteiger partial charge in [0.05, 0.1) is 19.3 Å². The second-order valence-corrected chi connectivity index (χ2v) is 5.43. The van der Waals surface area contributed by atoms with Crippen molar-refractivity contribution in [3.63, 3.8) is 0 Å². The van der Waals surface area contributed by atoms with Gasteiger partial charge in [-0.05, 0) is 18.4 Å². The van der Waals surface area contributed by atoms with Gasteiger partial charge < -0.3 is 14.9 Å². The Kier molecular flexibility index (Phi) is 4.62. The minimum atomic E-state index is -0.619. The SMILES string of the molecule is COC(=O)/C=C/c1cn(C[C@]2(CO)C[C@H]2CO)c(=O)[nH]c1=O. The van der Waals surface area contributed by atoms with Crippen LogP contribution in [0.3, 0.4) is 0 Å². The number of ether oxygens (including phenoxy) is 1. The van der Waals surface area contributed by atoms with E-state index in [1.54, 1.807) is 0 Å². The lowest BCUT2D eigenvalue weighted by atomic mass is 10.1. The van der Waals surface area contributed by atoms with Crippen molar-refractivity contribution in [3.05, 3.63) is 38.7 Å². The minimum Gasteiger partial charge on any atom is -0.466 e. The summed E-state index contributed by atoms with van der Waals surface area (Å²) in [5.74, 6) is -0.683. The van der Waals surface area contributed by atoms with E-state index in [1.807, 2.05) is 0 Å². The van der Waals surface area contributed by atoms with Gasteiger partial charge in [0.2, 0.25) is 0 Å². The second-order valence-electron chi connectivity index (χ2n) is 5.43. The van der Waals surface area contributed by atoms with Crippen LogP contribution in [0.25, 0.3) is 6.08 Å². The fourth-order valence-electron chi connectivity index (χ4n) is 2.45. The standard InChI is InChI=1S/C14H18N2O6/c1-22-11(19)3-2-9-5-16(13(21)15-12(9)20)7-14(8-18)4-10(14)6-17/h2-3,5,10,17-18H,4,6-8H2,1H3,(H,15,20,21)/b3-2+/t10-,14-/m0/s1. The zero-order chi connectivity index (χ0) is 16.3. The summed E-state index contributed by atoms with van der Waals surface area (Å²) >= 11 is 0. The summed E-state index contributed by atoms with van der Waals surface area (Å²) in [7, 11) is 1.21. The van der Waals surface area contributed by atoms with Crippen LogP contribution in [-0.4, -0.2) is 46.1 Å². The van der Waals surface area contributed by atoms with Crippen molar-refractivity contribution in [2.75, 3.05) is 20.3 Å². The highest BCUT2D eigenvalue weighted by Crippen LogP contribution is 2.52. The van der Waals surface area contributed by atoms with Crippen LogP contribution in [0.1, 0.15) is 12.0 Å². The lowest BCUT2D eigenvalue weighted by molar-refractivity contribution is -0.134. The monoisotopic (exact) mass is 310 g/mol. The number of nitrogens with zero attached hydrogens (tertiary/aromatic N) is 1. The van der Waals surface area contributed by atoms with Crippen molar-refractivity contribution in [2.24, 2.45) is 11.3 Å². The minimum absolute atomic E-state index is 0.0617. The Morgan fingerprint density at radius 2 is 2.27 bits per heavy atom. The third kappa shape index (κ3) is 3.18. The van der Waals surface area contributed by atoms with Crippen molar-refractivity contribution in [3.8, 4) is 0 Å². The molecule has 0 unspecified atom stereocenters. The zero-order valence-corrected chi connectivity index (χ0v) is 12.1. The first-order chi connectivity index (χ1) is 10.5. The average molecular weight is 310 g/mol. The van der Waals surface area contributed by atoms with E-state index < -0.39 is 22.6 Å². The number of H-pyrrole nitrogens is 1. The summed E-state index contributed by atoms with van der Waals surface area (Å²) in [4.78, 5) is 36.8. The molecule has 1 aliphatic rings. The first kappa shape index (κ1) is 16.2. The molecule has 1 heterocycles. The molecule has 0 aromatic carbocycles. The van der Waals surface area contributed by atoms with Crippen molar-refractivity contribution < 1.29 is 19.7 Å². The molecule has 2 rings (SSSR count). The van der Waals surface area contributed by atoms with E-state index in [0.717, 1.165) is 6.08 Å². The number of aliphatic hydroxyl groups excluding tert-OH is 2. The van der Waals surface area contributed by atoms with Gasteiger partial charge in [0.1, 0.15) is 0 Å². The van der Waals surface area contributed by atoms with Crippen molar-refractivity contribution in [1.29, 1.82) is 0 Å². The van der Waals surface area contributed by atoms with Gasteiger partial charge in [0, 0.05) is 30.8 Å².